The van der Waals surface area contributed by atoms with Gasteiger partial charge in [-0.2, -0.15) is 10.1 Å². The number of hydrogen-bond donors (Lipinski definition) is 0. The smallest absolute Gasteiger partial charge is 0.207 e. The molecule has 4 aromatic rings. The lowest BCUT2D eigenvalue weighted by molar-refractivity contribution is 0.00396. The van der Waals surface area contributed by atoms with Crippen LogP contribution in [0, 0.1) is 11.6 Å². The van der Waals surface area contributed by atoms with E-state index in [1.54, 1.807) is 0 Å². The molecule has 1 aliphatic carbocycles. The number of anilines is 1. The molecule has 3 fully saturated rings. The first kappa shape index (κ1) is 21.8. The number of rotatable bonds is 5. The summed E-state index contributed by atoms with van der Waals surface area (Å²) in [5.74, 6) is 0.174. The molecular formula is C26H27F2N7O. The Balaban J connectivity index is 1.30. The number of benzene rings is 1. The van der Waals surface area contributed by atoms with Crippen LogP contribution in [0.1, 0.15) is 61.6 Å². The van der Waals surface area contributed by atoms with E-state index in [1.807, 2.05) is 22.5 Å². The van der Waals surface area contributed by atoms with Crippen LogP contribution in [0.2, 0.25) is 0 Å². The second-order valence-corrected chi connectivity index (χ2v) is 10.1. The van der Waals surface area contributed by atoms with Gasteiger partial charge < -0.3 is 14.2 Å². The van der Waals surface area contributed by atoms with E-state index in [2.05, 4.69) is 16.2 Å². The lowest BCUT2D eigenvalue weighted by Gasteiger charge is -2.31. The number of imidazole rings is 1. The van der Waals surface area contributed by atoms with Crippen molar-refractivity contribution in [3.8, 4) is 11.3 Å². The van der Waals surface area contributed by atoms with Gasteiger partial charge in [0.05, 0.1) is 18.3 Å². The number of aryl methyl sites for hydroxylation is 1. The van der Waals surface area contributed by atoms with E-state index < -0.39 is 11.6 Å². The minimum Gasteiger partial charge on any atom is -0.373 e. The van der Waals surface area contributed by atoms with Gasteiger partial charge in [-0.1, -0.05) is 0 Å². The topological polar surface area (TPSA) is 73.9 Å². The number of halogens is 2. The van der Waals surface area contributed by atoms with Crippen molar-refractivity contribution in [2.45, 2.75) is 50.2 Å². The third kappa shape index (κ3) is 3.66. The van der Waals surface area contributed by atoms with Crippen LogP contribution in [0.25, 0.3) is 22.4 Å². The molecule has 2 aliphatic heterocycles. The summed E-state index contributed by atoms with van der Waals surface area (Å²) in [7, 11) is 1.90. The molecule has 3 aromatic heterocycles. The maximum atomic E-state index is 15.0. The van der Waals surface area contributed by atoms with Crippen LogP contribution in [-0.2, 0) is 11.8 Å². The lowest BCUT2D eigenvalue weighted by Crippen LogP contribution is -2.38. The van der Waals surface area contributed by atoms with Gasteiger partial charge in [-0.25, -0.2) is 18.7 Å². The molecule has 0 bridgehead atoms. The summed E-state index contributed by atoms with van der Waals surface area (Å²) in [6.45, 7) is 2.43. The van der Waals surface area contributed by atoms with Crippen molar-refractivity contribution >= 4 is 17.1 Å². The fourth-order valence-corrected chi connectivity index (χ4v) is 5.29. The van der Waals surface area contributed by atoms with E-state index in [0.29, 0.717) is 41.8 Å². The van der Waals surface area contributed by atoms with Crippen LogP contribution >= 0.6 is 0 Å². The Kier molecular flexibility index (Phi) is 5.06. The molecule has 2 saturated heterocycles. The van der Waals surface area contributed by atoms with Crippen molar-refractivity contribution in [1.29, 1.82) is 0 Å². The summed E-state index contributed by atoms with van der Waals surface area (Å²) in [6.07, 6.45) is 8.82. The minimum atomic E-state index is -0.648. The van der Waals surface area contributed by atoms with E-state index in [-0.39, 0.29) is 17.6 Å². The Morgan fingerprint density at radius 1 is 1.06 bits per heavy atom. The van der Waals surface area contributed by atoms with Gasteiger partial charge in [-0.3, -0.25) is 4.68 Å². The number of hydrogen-bond acceptors (Lipinski definition) is 6. The molecule has 186 valence electrons. The van der Waals surface area contributed by atoms with Crippen LogP contribution in [0.4, 0.5) is 14.7 Å². The third-order valence-corrected chi connectivity index (χ3v) is 7.61. The first-order chi connectivity index (χ1) is 17.5. The number of aromatic nitrogens is 6. The zero-order chi connectivity index (χ0) is 24.4. The maximum Gasteiger partial charge on any atom is 0.207 e. The van der Waals surface area contributed by atoms with Crippen molar-refractivity contribution in [3.63, 3.8) is 0 Å². The zero-order valence-corrected chi connectivity index (χ0v) is 20.1. The van der Waals surface area contributed by atoms with Crippen LogP contribution in [-0.4, -0.2) is 49.0 Å². The summed E-state index contributed by atoms with van der Waals surface area (Å²) in [4.78, 5) is 16.8. The highest BCUT2D eigenvalue weighted by Gasteiger charge is 2.32. The first-order valence-electron chi connectivity index (χ1n) is 12.7. The first-order valence-corrected chi connectivity index (χ1v) is 12.7. The predicted octanol–water partition coefficient (Wildman–Crippen LogP) is 4.69. The average molecular weight is 492 g/mol. The van der Waals surface area contributed by atoms with Gasteiger partial charge >= 0.3 is 0 Å². The second-order valence-electron chi connectivity index (χ2n) is 10.1. The highest BCUT2D eigenvalue weighted by Crippen LogP contribution is 2.40. The largest absolute Gasteiger partial charge is 0.373 e. The minimum absolute atomic E-state index is 0.0224. The van der Waals surface area contributed by atoms with Gasteiger partial charge in [0.1, 0.15) is 28.7 Å². The third-order valence-electron chi connectivity index (χ3n) is 7.61. The average Bonchev–Trinajstić information content (AvgIpc) is 3.48. The molecule has 5 heterocycles. The monoisotopic (exact) mass is 491 g/mol. The fraction of sp³-hybridized carbons (Fsp3) is 0.462. The van der Waals surface area contributed by atoms with Crippen LogP contribution in [0.3, 0.4) is 0 Å². The summed E-state index contributed by atoms with van der Waals surface area (Å²) in [5.41, 5.74) is 2.94. The molecule has 0 unspecified atom stereocenters. The standard InChI is InChI=1S/C26H27F2N7O/c1-33-23-22(19-6-3-17(27)12-20(19)28)30-24(31-25(23)32-26(33)34-8-2-9-34)15-7-10-36-21(11-15)16-13-29-35(14-16)18-4-5-18/h3,6,12-15,18,21H,2,4-5,7-11H2,1H3/t15-,21+/m0/s1. The molecule has 0 N–H and O–H groups in total. The van der Waals surface area contributed by atoms with E-state index in [0.717, 1.165) is 43.5 Å². The van der Waals surface area contributed by atoms with Crippen molar-refractivity contribution in [2.75, 3.05) is 24.6 Å². The molecule has 0 radical (unpaired) electrons. The second kappa shape index (κ2) is 8.33. The molecule has 7 rings (SSSR count). The molecular weight excluding hydrogens is 464 g/mol. The summed E-state index contributed by atoms with van der Waals surface area (Å²) in [6, 6.07) is 4.13. The molecule has 0 amide bonds. The van der Waals surface area contributed by atoms with Gasteiger partial charge in [0.2, 0.25) is 5.95 Å². The Morgan fingerprint density at radius 3 is 2.67 bits per heavy atom. The van der Waals surface area contributed by atoms with Crippen molar-refractivity contribution in [3.05, 3.63) is 53.6 Å². The number of nitrogens with zero attached hydrogens (tertiary/aromatic N) is 7. The van der Waals surface area contributed by atoms with Crippen molar-refractivity contribution in [1.82, 2.24) is 29.3 Å². The van der Waals surface area contributed by atoms with Gasteiger partial charge in [0.15, 0.2) is 5.65 Å². The van der Waals surface area contributed by atoms with Crippen LogP contribution in [0.5, 0.6) is 0 Å². The lowest BCUT2D eigenvalue weighted by atomic mass is 9.92. The SMILES string of the molecule is Cn1c(N2CCC2)nc2nc([C@H]3CCO[C@@H](c4cnn(C5CC5)c4)C3)nc(-c3ccc(F)cc3F)c21. The van der Waals surface area contributed by atoms with Crippen LogP contribution < -0.4 is 4.90 Å². The normalized spacial score (nSPS) is 22.2. The molecule has 10 heteroatoms. The quantitative estimate of drug-likeness (QED) is 0.404. The Morgan fingerprint density at radius 2 is 1.92 bits per heavy atom. The van der Waals surface area contributed by atoms with Crippen molar-refractivity contribution in [2.24, 2.45) is 7.05 Å². The number of fused-ring (bicyclic) bond motifs is 1. The Labute approximate surface area is 206 Å². The van der Waals surface area contributed by atoms with E-state index in [4.69, 9.17) is 19.7 Å². The van der Waals surface area contributed by atoms with Gasteiger partial charge in [-0.05, 0) is 44.2 Å². The molecule has 0 spiro atoms. The molecule has 2 atom stereocenters. The molecule has 1 saturated carbocycles. The molecule has 8 nitrogen and oxygen atoms in total. The summed E-state index contributed by atoms with van der Waals surface area (Å²) in [5, 5.41) is 4.52. The molecule has 1 aromatic carbocycles. The maximum absolute atomic E-state index is 15.0. The van der Waals surface area contributed by atoms with E-state index >= 15 is 0 Å². The fourth-order valence-electron chi connectivity index (χ4n) is 5.29. The van der Waals surface area contributed by atoms with Crippen molar-refractivity contribution < 1.29 is 13.5 Å². The Hall–Kier alpha value is -3.40. The molecule has 3 aliphatic rings. The highest BCUT2D eigenvalue weighted by molar-refractivity contribution is 5.89. The molecule has 36 heavy (non-hydrogen) atoms. The summed E-state index contributed by atoms with van der Waals surface area (Å²) < 4.78 is 38.8. The van der Waals surface area contributed by atoms with E-state index in [1.165, 1.54) is 25.0 Å². The highest BCUT2D eigenvalue weighted by atomic mass is 19.1. The summed E-state index contributed by atoms with van der Waals surface area (Å²) >= 11 is 0. The van der Waals surface area contributed by atoms with Gasteiger partial charge in [-0.15, -0.1) is 0 Å². The zero-order valence-electron chi connectivity index (χ0n) is 20.1. The van der Waals surface area contributed by atoms with Gasteiger partial charge in [0, 0.05) is 56.1 Å². The number of ether oxygens (including phenoxy) is 1. The van der Waals surface area contributed by atoms with Gasteiger partial charge in [0.25, 0.3) is 0 Å². The predicted molar refractivity (Wildman–Crippen MR) is 130 cm³/mol. The van der Waals surface area contributed by atoms with E-state index in [9.17, 15) is 8.78 Å². The van der Waals surface area contributed by atoms with Crippen LogP contribution in [0.15, 0.2) is 30.6 Å². The Bertz CT molecular complexity index is 1460.